The molecule has 1 aromatic rings. The maximum atomic E-state index is 4.99. The largest absolute Gasteiger partial charge is 0.313 e. The Hall–Kier alpha value is -1.01. The number of hydrazine groups is 1. The first-order valence-electron chi connectivity index (χ1n) is 2.22. The lowest BCUT2D eigenvalue weighted by Crippen LogP contribution is -2.29. The first-order chi connectivity index (χ1) is 4.34. The molecule has 0 aliphatic carbocycles. The summed E-state index contributed by atoms with van der Waals surface area (Å²) in [4.78, 5) is 0.378. The maximum absolute atomic E-state index is 4.99. The van der Waals surface area contributed by atoms with Crippen LogP contribution in [0.3, 0.4) is 0 Å². The van der Waals surface area contributed by atoms with Crippen molar-refractivity contribution in [2.24, 2.45) is 5.84 Å². The topological polar surface area (TPSA) is 79.6 Å². The minimum Gasteiger partial charge on any atom is -0.313 e. The third kappa shape index (κ3) is 1.21. The highest BCUT2D eigenvalue weighted by Gasteiger charge is 1.98. The molecule has 4 N–H and O–H groups in total. The van der Waals surface area contributed by atoms with Crippen molar-refractivity contribution in [1.29, 1.82) is 0 Å². The summed E-state index contributed by atoms with van der Waals surface area (Å²) in [5.74, 6) is 4.99. The molecule has 0 fully saturated rings. The van der Waals surface area contributed by atoms with Crippen LogP contribution in [0.2, 0.25) is 0 Å². The van der Waals surface area contributed by atoms with Crippen molar-refractivity contribution >= 4 is 17.2 Å². The Kier molecular flexibility index (Phi) is 1.71. The lowest BCUT2D eigenvalue weighted by Gasteiger charge is -1.92. The van der Waals surface area contributed by atoms with E-state index >= 15 is 0 Å². The molecular weight excluding hydrogens is 138 g/mol. The van der Waals surface area contributed by atoms with Crippen molar-refractivity contribution in [2.45, 2.75) is 0 Å². The second-order valence-electron chi connectivity index (χ2n) is 1.33. The Morgan fingerprint density at radius 2 is 2.67 bits per heavy atom. The third-order valence-corrected chi connectivity index (χ3v) is 1.11. The summed E-state index contributed by atoms with van der Waals surface area (Å²) in [5.41, 5.74) is 2.82. The molecular formula is C3H5N5S. The van der Waals surface area contributed by atoms with Crippen LogP contribution in [-0.4, -0.2) is 20.4 Å². The van der Waals surface area contributed by atoms with Gasteiger partial charge in [0.05, 0.1) is 6.20 Å². The average Bonchev–Trinajstić information content (AvgIpc) is 2.37. The van der Waals surface area contributed by atoms with Crippen molar-refractivity contribution in [2.75, 3.05) is 0 Å². The number of hydrogen-bond donors (Lipinski definition) is 3. The fourth-order valence-electron chi connectivity index (χ4n) is 0.387. The zero-order chi connectivity index (χ0) is 6.69. The van der Waals surface area contributed by atoms with Gasteiger partial charge in [-0.1, -0.05) is 17.4 Å². The summed E-state index contributed by atoms with van der Waals surface area (Å²) >= 11 is 4.72. The number of H-pyrrole nitrogens is 1. The summed E-state index contributed by atoms with van der Waals surface area (Å²) in [6, 6.07) is 0. The van der Waals surface area contributed by atoms with E-state index in [1.54, 1.807) is 6.20 Å². The fourth-order valence-corrected chi connectivity index (χ4v) is 0.486. The van der Waals surface area contributed by atoms with E-state index in [-0.39, 0.29) is 0 Å². The van der Waals surface area contributed by atoms with Crippen LogP contribution in [-0.2, 0) is 0 Å². The third-order valence-electron chi connectivity index (χ3n) is 0.780. The first-order valence-corrected chi connectivity index (χ1v) is 2.63. The fraction of sp³-hybridized carbons (Fsp3) is 0. The van der Waals surface area contributed by atoms with Crippen molar-refractivity contribution in [3.8, 4) is 0 Å². The Morgan fingerprint density at radius 1 is 1.89 bits per heavy atom. The van der Waals surface area contributed by atoms with Gasteiger partial charge in [-0.3, -0.25) is 5.10 Å². The maximum Gasteiger partial charge on any atom is 0.142 e. The zero-order valence-corrected chi connectivity index (χ0v) is 5.27. The lowest BCUT2D eigenvalue weighted by molar-refractivity contribution is 0.932. The molecule has 0 amide bonds. The molecule has 0 unspecified atom stereocenters. The van der Waals surface area contributed by atoms with Gasteiger partial charge in [0.25, 0.3) is 0 Å². The highest BCUT2D eigenvalue weighted by Crippen LogP contribution is 1.86. The van der Waals surface area contributed by atoms with Crippen molar-refractivity contribution in [3.63, 3.8) is 0 Å². The Morgan fingerprint density at radius 3 is 3.11 bits per heavy atom. The van der Waals surface area contributed by atoms with E-state index in [0.29, 0.717) is 10.7 Å². The van der Waals surface area contributed by atoms with E-state index in [0.717, 1.165) is 0 Å². The van der Waals surface area contributed by atoms with Crippen LogP contribution in [0.1, 0.15) is 5.69 Å². The molecule has 0 saturated carbocycles. The molecule has 9 heavy (non-hydrogen) atoms. The summed E-state index contributed by atoms with van der Waals surface area (Å²) in [6.45, 7) is 0. The summed E-state index contributed by atoms with van der Waals surface area (Å²) in [6.07, 6.45) is 1.56. The number of hydrogen-bond acceptors (Lipinski definition) is 4. The molecule has 0 radical (unpaired) electrons. The number of nitrogens with zero attached hydrogens (tertiary/aromatic N) is 2. The molecule has 1 rings (SSSR count). The molecule has 48 valence electrons. The molecule has 1 aromatic heterocycles. The number of aromatic nitrogens is 3. The van der Waals surface area contributed by atoms with Crippen LogP contribution >= 0.6 is 12.2 Å². The SMILES string of the molecule is NNC(=S)c1c[nH]nn1. The van der Waals surface area contributed by atoms with Gasteiger partial charge in [-0.15, -0.1) is 5.10 Å². The molecule has 0 aliphatic heterocycles. The zero-order valence-electron chi connectivity index (χ0n) is 4.46. The number of thiocarbonyl (C=S) groups is 1. The van der Waals surface area contributed by atoms with Crippen molar-refractivity contribution in [3.05, 3.63) is 11.9 Å². The molecule has 0 bridgehead atoms. The van der Waals surface area contributed by atoms with Crippen LogP contribution in [0.15, 0.2) is 6.20 Å². The quantitative estimate of drug-likeness (QED) is 0.265. The lowest BCUT2D eigenvalue weighted by atomic mass is 10.5. The standard InChI is InChI=1S/C3H5N5S/c4-6-3(9)2-1-5-8-7-2/h1H,4H2,(H,6,9)(H,5,7,8). The number of nitrogens with two attached hydrogens (primary N) is 1. The van der Waals surface area contributed by atoms with Gasteiger partial charge >= 0.3 is 0 Å². The highest BCUT2D eigenvalue weighted by molar-refractivity contribution is 7.80. The predicted molar refractivity (Wildman–Crippen MR) is 35.4 cm³/mol. The van der Waals surface area contributed by atoms with Gasteiger partial charge in [-0.25, -0.2) is 5.84 Å². The van der Waals surface area contributed by atoms with Crippen LogP contribution < -0.4 is 11.3 Å². The van der Waals surface area contributed by atoms with Crippen LogP contribution in [0.4, 0.5) is 0 Å². The average molecular weight is 143 g/mol. The van der Waals surface area contributed by atoms with E-state index in [4.69, 9.17) is 18.1 Å². The minimum atomic E-state index is 0.378. The Bertz CT molecular complexity index is 192. The molecule has 1 heterocycles. The second-order valence-corrected chi connectivity index (χ2v) is 1.74. The van der Waals surface area contributed by atoms with Crippen molar-refractivity contribution in [1.82, 2.24) is 20.8 Å². The van der Waals surface area contributed by atoms with Gasteiger partial charge in [0.2, 0.25) is 0 Å². The summed E-state index contributed by atoms with van der Waals surface area (Å²) in [7, 11) is 0. The van der Waals surface area contributed by atoms with Crippen LogP contribution in [0.5, 0.6) is 0 Å². The van der Waals surface area contributed by atoms with E-state index in [1.165, 1.54) is 0 Å². The molecule has 6 heteroatoms. The smallest absolute Gasteiger partial charge is 0.142 e. The van der Waals surface area contributed by atoms with E-state index in [2.05, 4.69) is 20.8 Å². The van der Waals surface area contributed by atoms with E-state index < -0.39 is 0 Å². The summed E-state index contributed by atoms with van der Waals surface area (Å²) in [5, 5.41) is 9.53. The number of nitrogens with one attached hydrogen (secondary N) is 2. The van der Waals surface area contributed by atoms with Crippen LogP contribution in [0.25, 0.3) is 0 Å². The molecule has 0 saturated heterocycles. The van der Waals surface area contributed by atoms with E-state index in [9.17, 15) is 0 Å². The van der Waals surface area contributed by atoms with Gasteiger partial charge in [-0.05, 0) is 0 Å². The number of rotatable bonds is 1. The summed E-state index contributed by atoms with van der Waals surface area (Å²) < 4.78 is 0. The molecule has 0 aromatic carbocycles. The molecule has 0 spiro atoms. The monoisotopic (exact) mass is 143 g/mol. The molecule has 0 atom stereocenters. The second kappa shape index (κ2) is 2.51. The normalized spacial score (nSPS) is 9.00. The van der Waals surface area contributed by atoms with Gasteiger partial charge in [-0.2, -0.15) is 0 Å². The van der Waals surface area contributed by atoms with Gasteiger partial charge in [0.15, 0.2) is 0 Å². The van der Waals surface area contributed by atoms with Crippen LogP contribution in [0, 0.1) is 0 Å². The van der Waals surface area contributed by atoms with E-state index in [1.807, 2.05) is 0 Å². The van der Waals surface area contributed by atoms with Gasteiger partial charge < -0.3 is 5.43 Å². The molecule has 5 nitrogen and oxygen atoms in total. The Labute approximate surface area is 56.6 Å². The van der Waals surface area contributed by atoms with Gasteiger partial charge in [0, 0.05) is 0 Å². The van der Waals surface area contributed by atoms with Crippen molar-refractivity contribution < 1.29 is 0 Å². The van der Waals surface area contributed by atoms with Gasteiger partial charge in [0.1, 0.15) is 10.7 Å². The highest BCUT2D eigenvalue weighted by atomic mass is 32.1. The molecule has 0 aliphatic rings. The first kappa shape index (κ1) is 6.12. The minimum absolute atomic E-state index is 0.378. The Balaban J connectivity index is 2.77. The number of aromatic amines is 1. The predicted octanol–water partition coefficient (Wildman–Crippen LogP) is -1.06.